The third-order valence-electron chi connectivity index (χ3n) is 2.91. The summed E-state index contributed by atoms with van der Waals surface area (Å²) in [5.41, 5.74) is 6.95. The number of carbonyl (C=O) groups is 1. The van der Waals surface area contributed by atoms with Gasteiger partial charge in [-0.3, -0.25) is 4.79 Å². The van der Waals surface area contributed by atoms with Gasteiger partial charge in [0.15, 0.2) is 5.78 Å². The van der Waals surface area contributed by atoms with Crippen LogP contribution in [0.3, 0.4) is 0 Å². The second kappa shape index (κ2) is 6.37. The van der Waals surface area contributed by atoms with E-state index in [4.69, 9.17) is 26.8 Å². The number of hydrogen-bond donors (Lipinski definition) is 1. The van der Waals surface area contributed by atoms with Gasteiger partial charge in [-0.2, -0.15) is 0 Å². The zero-order chi connectivity index (χ0) is 15.6. The standard InChI is InChI=1S/C15H13BrClNO3/c1-20-12-4-3-11(15(21-2)13(12)16)14(19)8-5-9(17)7-10(18)6-8/h3-7H,18H2,1-2H3. The Morgan fingerprint density at radius 2 is 1.90 bits per heavy atom. The van der Waals surface area contributed by atoms with Crippen LogP contribution in [0.4, 0.5) is 5.69 Å². The van der Waals surface area contributed by atoms with Gasteiger partial charge in [0, 0.05) is 16.3 Å². The van der Waals surface area contributed by atoms with Gasteiger partial charge in [-0.05, 0) is 46.3 Å². The second-order valence-corrected chi connectivity index (χ2v) is 5.49. The SMILES string of the molecule is COc1ccc(C(=O)c2cc(N)cc(Cl)c2)c(OC)c1Br. The minimum absolute atomic E-state index is 0.232. The normalized spacial score (nSPS) is 10.3. The fraction of sp³-hybridized carbons (Fsp3) is 0.133. The van der Waals surface area contributed by atoms with Gasteiger partial charge in [0.25, 0.3) is 0 Å². The van der Waals surface area contributed by atoms with Gasteiger partial charge in [0.1, 0.15) is 16.0 Å². The van der Waals surface area contributed by atoms with Gasteiger partial charge in [-0.25, -0.2) is 0 Å². The highest BCUT2D eigenvalue weighted by molar-refractivity contribution is 9.10. The van der Waals surface area contributed by atoms with Crippen LogP contribution in [0.1, 0.15) is 15.9 Å². The highest BCUT2D eigenvalue weighted by Gasteiger charge is 2.20. The van der Waals surface area contributed by atoms with Gasteiger partial charge in [0.05, 0.1) is 19.8 Å². The molecular formula is C15H13BrClNO3. The third kappa shape index (κ3) is 3.14. The third-order valence-corrected chi connectivity index (χ3v) is 3.88. The molecule has 6 heteroatoms. The van der Waals surface area contributed by atoms with Crippen LogP contribution in [-0.2, 0) is 0 Å². The number of methoxy groups -OCH3 is 2. The number of nitrogen functional groups attached to an aromatic ring is 1. The van der Waals surface area contributed by atoms with E-state index < -0.39 is 0 Å². The lowest BCUT2D eigenvalue weighted by atomic mass is 10.0. The van der Waals surface area contributed by atoms with Crippen LogP contribution in [0.25, 0.3) is 0 Å². The van der Waals surface area contributed by atoms with Gasteiger partial charge < -0.3 is 15.2 Å². The fourth-order valence-electron chi connectivity index (χ4n) is 1.97. The van der Waals surface area contributed by atoms with E-state index in [2.05, 4.69) is 15.9 Å². The minimum Gasteiger partial charge on any atom is -0.495 e. The van der Waals surface area contributed by atoms with E-state index in [-0.39, 0.29) is 5.78 Å². The van der Waals surface area contributed by atoms with E-state index in [0.717, 1.165) is 0 Å². The topological polar surface area (TPSA) is 61.5 Å². The number of rotatable bonds is 4. The molecule has 0 aromatic heterocycles. The molecule has 0 aliphatic rings. The zero-order valence-corrected chi connectivity index (χ0v) is 13.8. The summed E-state index contributed by atoms with van der Waals surface area (Å²) in [6.07, 6.45) is 0. The van der Waals surface area contributed by atoms with Crippen LogP contribution in [0.15, 0.2) is 34.8 Å². The summed E-state index contributed by atoms with van der Waals surface area (Å²) < 4.78 is 11.1. The highest BCUT2D eigenvalue weighted by atomic mass is 79.9. The Balaban J connectivity index is 2.55. The lowest BCUT2D eigenvalue weighted by Crippen LogP contribution is -2.06. The number of nitrogens with two attached hydrogens (primary N) is 1. The molecule has 0 atom stereocenters. The fourth-order valence-corrected chi connectivity index (χ4v) is 2.89. The van der Waals surface area contributed by atoms with E-state index in [1.807, 2.05) is 0 Å². The predicted octanol–water partition coefficient (Wildman–Crippen LogP) is 3.93. The van der Waals surface area contributed by atoms with Crippen molar-refractivity contribution in [3.05, 3.63) is 51.0 Å². The first-order valence-corrected chi connectivity index (χ1v) is 7.16. The Bertz CT molecular complexity index is 683. The molecule has 0 bridgehead atoms. The monoisotopic (exact) mass is 369 g/mol. The number of ether oxygens (including phenoxy) is 2. The summed E-state index contributed by atoms with van der Waals surface area (Å²) in [4.78, 5) is 12.6. The number of halogens is 2. The molecule has 0 radical (unpaired) electrons. The molecule has 2 rings (SSSR count). The van der Waals surface area contributed by atoms with Crippen molar-refractivity contribution < 1.29 is 14.3 Å². The number of anilines is 1. The molecule has 0 heterocycles. The molecule has 2 N–H and O–H groups in total. The van der Waals surface area contributed by atoms with E-state index in [1.54, 1.807) is 37.4 Å². The van der Waals surface area contributed by atoms with Crippen molar-refractivity contribution in [3.63, 3.8) is 0 Å². The van der Waals surface area contributed by atoms with Crippen LogP contribution in [0.2, 0.25) is 5.02 Å². The molecule has 0 amide bonds. The smallest absolute Gasteiger partial charge is 0.196 e. The Morgan fingerprint density at radius 1 is 1.19 bits per heavy atom. The zero-order valence-electron chi connectivity index (χ0n) is 11.4. The summed E-state index contributed by atoms with van der Waals surface area (Å²) in [6.45, 7) is 0. The molecule has 21 heavy (non-hydrogen) atoms. The first-order chi connectivity index (χ1) is 9.97. The maximum atomic E-state index is 12.6. The van der Waals surface area contributed by atoms with Crippen LogP contribution in [0, 0.1) is 0 Å². The van der Waals surface area contributed by atoms with Gasteiger partial charge in [0.2, 0.25) is 0 Å². The number of ketones is 1. The van der Waals surface area contributed by atoms with Crippen LogP contribution in [0.5, 0.6) is 11.5 Å². The van der Waals surface area contributed by atoms with Crippen LogP contribution >= 0.6 is 27.5 Å². The molecule has 0 saturated carbocycles. The van der Waals surface area contributed by atoms with E-state index >= 15 is 0 Å². The van der Waals surface area contributed by atoms with E-state index in [0.29, 0.717) is 37.8 Å². The molecule has 0 unspecified atom stereocenters. The molecule has 0 spiro atoms. The lowest BCUT2D eigenvalue weighted by molar-refractivity contribution is 0.103. The highest BCUT2D eigenvalue weighted by Crippen LogP contribution is 2.38. The Kier molecular flexibility index (Phi) is 4.75. The summed E-state index contributed by atoms with van der Waals surface area (Å²) >= 11 is 9.31. The Hall–Kier alpha value is -1.72. The van der Waals surface area contributed by atoms with E-state index in [1.165, 1.54) is 7.11 Å². The maximum absolute atomic E-state index is 12.6. The summed E-state index contributed by atoms with van der Waals surface area (Å²) in [6, 6.07) is 8.05. The molecular weight excluding hydrogens is 358 g/mol. The molecule has 0 saturated heterocycles. The summed E-state index contributed by atoms with van der Waals surface area (Å²) in [5.74, 6) is 0.747. The van der Waals surface area contributed by atoms with Gasteiger partial charge in [-0.15, -0.1) is 0 Å². The number of hydrogen-bond acceptors (Lipinski definition) is 4. The minimum atomic E-state index is -0.232. The lowest BCUT2D eigenvalue weighted by Gasteiger charge is -2.13. The van der Waals surface area contributed by atoms with Gasteiger partial charge in [-0.1, -0.05) is 11.6 Å². The van der Waals surface area contributed by atoms with Crippen molar-refractivity contribution in [1.82, 2.24) is 0 Å². The molecule has 0 aliphatic heterocycles. The summed E-state index contributed by atoms with van der Waals surface area (Å²) in [7, 11) is 3.03. The van der Waals surface area contributed by atoms with Crippen molar-refractivity contribution in [2.24, 2.45) is 0 Å². The second-order valence-electron chi connectivity index (χ2n) is 4.26. The molecule has 0 aliphatic carbocycles. The summed E-state index contributed by atoms with van der Waals surface area (Å²) in [5, 5.41) is 0.407. The van der Waals surface area contributed by atoms with Crippen molar-refractivity contribution in [2.45, 2.75) is 0 Å². The van der Waals surface area contributed by atoms with Crippen LogP contribution < -0.4 is 15.2 Å². The molecule has 0 fully saturated rings. The largest absolute Gasteiger partial charge is 0.495 e. The molecule has 4 nitrogen and oxygen atoms in total. The quantitative estimate of drug-likeness (QED) is 0.654. The average Bonchev–Trinajstić information content (AvgIpc) is 2.45. The van der Waals surface area contributed by atoms with E-state index in [9.17, 15) is 4.79 Å². The maximum Gasteiger partial charge on any atom is 0.196 e. The first-order valence-electron chi connectivity index (χ1n) is 5.99. The molecule has 2 aromatic carbocycles. The average molecular weight is 371 g/mol. The molecule has 110 valence electrons. The van der Waals surface area contributed by atoms with Crippen molar-refractivity contribution >= 4 is 39.0 Å². The van der Waals surface area contributed by atoms with Crippen molar-refractivity contribution in [1.29, 1.82) is 0 Å². The van der Waals surface area contributed by atoms with Crippen molar-refractivity contribution in [2.75, 3.05) is 20.0 Å². The Labute approximate surface area is 135 Å². The van der Waals surface area contributed by atoms with Crippen molar-refractivity contribution in [3.8, 4) is 11.5 Å². The number of carbonyl (C=O) groups excluding carboxylic acids is 1. The Morgan fingerprint density at radius 3 is 2.48 bits per heavy atom. The predicted molar refractivity (Wildman–Crippen MR) is 86.5 cm³/mol. The molecule has 2 aromatic rings. The number of benzene rings is 2. The van der Waals surface area contributed by atoms with Gasteiger partial charge >= 0.3 is 0 Å². The van der Waals surface area contributed by atoms with Crippen LogP contribution in [-0.4, -0.2) is 20.0 Å². The first kappa shape index (κ1) is 15.7.